The quantitative estimate of drug-likeness (QED) is 0.461. The molecule has 0 saturated heterocycles. The average molecular weight is 418 g/mol. The number of ether oxygens (including phenoxy) is 1. The van der Waals surface area contributed by atoms with Crippen LogP contribution in [0.2, 0.25) is 0 Å². The summed E-state index contributed by atoms with van der Waals surface area (Å²) in [6.45, 7) is 0. The Labute approximate surface area is 178 Å². The van der Waals surface area contributed by atoms with E-state index in [9.17, 15) is 14.7 Å². The van der Waals surface area contributed by atoms with Crippen molar-refractivity contribution in [1.82, 2.24) is 19.9 Å². The van der Waals surface area contributed by atoms with Gasteiger partial charge in [-0.25, -0.2) is 0 Å². The zero-order chi connectivity index (χ0) is 22.1. The number of aliphatic hydroxyl groups is 1. The summed E-state index contributed by atoms with van der Waals surface area (Å²) in [5.74, 6) is 0.189. The fraction of sp³-hybridized carbons (Fsp3) is 0.174. The molecule has 8 heteroatoms. The lowest BCUT2D eigenvalue weighted by Crippen LogP contribution is -2.28. The summed E-state index contributed by atoms with van der Waals surface area (Å²) in [6, 6.07) is 9.07. The van der Waals surface area contributed by atoms with E-state index in [1.54, 1.807) is 39.7 Å². The highest BCUT2D eigenvalue weighted by Gasteiger charge is 2.21. The summed E-state index contributed by atoms with van der Waals surface area (Å²) in [6.07, 6.45) is 4.94. The van der Waals surface area contributed by atoms with Gasteiger partial charge in [-0.3, -0.25) is 14.6 Å². The number of methoxy groups -OCH3 is 1. The van der Waals surface area contributed by atoms with Crippen molar-refractivity contribution >= 4 is 16.9 Å². The lowest BCUT2D eigenvalue weighted by atomic mass is 10.0. The van der Waals surface area contributed by atoms with Crippen LogP contribution >= 0.6 is 0 Å². The van der Waals surface area contributed by atoms with Crippen LogP contribution in [-0.4, -0.2) is 52.1 Å². The number of hydrogen-bond acceptors (Lipinski definition) is 5. The Morgan fingerprint density at radius 1 is 1.10 bits per heavy atom. The molecule has 0 fully saturated rings. The predicted octanol–water partition coefficient (Wildman–Crippen LogP) is 2.72. The topological polar surface area (TPSA) is 111 Å². The maximum absolute atomic E-state index is 13.5. The van der Waals surface area contributed by atoms with Crippen molar-refractivity contribution in [2.24, 2.45) is 0 Å². The van der Waals surface area contributed by atoms with Gasteiger partial charge >= 0.3 is 0 Å². The number of para-hydroxylation sites is 1. The van der Waals surface area contributed by atoms with E-state index < -0.39 is 12.0 Å². The number of rotatable bonds is 5. The fourth-order valence-electron chi connectivity index (χ4n) is 3.55. The molecule has 0 saturated carbocycles. The van der Waals surface area contributed by atoms with Gasteiger partial charge in [-0.1, -0.05) is 18.2 Å². The van der Waals surface area contributed by atoms with Crippen LogP contribution < -0.4 is 10.2 Å². The molecule has 1 amide bonds. The molecule has 0 aliphatic heterocycles. The van der Waals surface area contributed by atoms with Gasteiger partial charge in [0.15, 0.2) is 11.5 Å². The Morgan fingerprint density at radius 2 is 1.81 bits per heavy atom. The summed E-state index contributed by atoms with van der Waals surface area (Å²) in [5.41, 5.74) is 3.07. The number of fused-ring (bicyclic) bond motifs is 1. The maximum Gasteiger partial charge on any atom is 0.255 e. The van der Waals surface area contributed by atoms with E-state index in [0.29, 0.717) is 39.0 Å². The van der Waals surface area contributed by atoms with E-state index in [1.807, 2.05) is 24.3 Å². The minimum Gasteiger partial charge on any atom is -0.496 e. The van der Waals surface area contributed by atoms with E-state index in [0.717, 1.165) is 5.56 Å². The number of benzene rings is 1. The van der Waals surface area contributed by atoms with Crippen LogP contribution in [0.25, 0.3) is 33.3 Å². The first-order chi connectivity index (χ1) is 14.9. The number of nitrogens with one attached hydrogen (secondary N) is 2. The third-order valence-electron chi connectivity index (χ3n) is 5.17. The van der Waals surface area contributed by atoms with Gasteiger partial charge in [0.2, 0.25) is 0 Å². The SMILES string of the molecule is COc1ccccc1-c1c[nH]c2[nH]cc(-c3cncc(C(O)C(=O)N(C)C)c3)c(=O)c12. The summed E-state index contributed by atoms with van der Waals surface area (Å²) in [4.78, 5) is 37.2. The molecular weight excluding hydrogens is 396 g/mol. The van der Waals surface area contributed by atoms with Crippen molar-refractivity contribution in [2.75, 3.05) is 21.2 Å². The summed E-state index contributed by atoms with van der Waals surface area (Å²) >= 11 is 0. The van der Waals surface area contributed by atoms with Crippen molar-refractivity contribution in [3.63, 3.8) is 0 Å². The van der Waals surface area contributed by atoms with Gasteiger partial charge in [-0.2, -0.15) is 0 Å². The Hall–Kier alpha value is -3.91. The molecule has 4 rings (SSSR count). The molecular formula is C23H22N4O4. The molecule has 0 aliphatic rings. The number of aliphatic hydroxyl groups excluding tert-OH is 1. The van der Waals surface area contributed by atoms with Crippen molar-refractivity contribution < 1.29 is 14.6 Å². The molecule has 3 N–H and O–H groups in total. The number of H-pyrrole nitrogens is 2. The highest BCUT2D eigenvalue weighted by molar-refractivity contribution is 5.97. The zero-order valence-corrected chi connectivity index (χ0v) is 17.3. The van der Waals surface area contributed by atoms with E-state index in [1.165, 1.54) is 17.3 Å². The van der Waals surface area contributed by atoms with Gasteiger partial charge in [0.05, 0.1) is 12.5 Å². The summed E-state index contributed by atoms with van der Waals surface area (Å²) in [7, 11) is 4.71. The lowest BCUT2D eigenvalue weighted by Gasteiger charge is -2.16. The normalized spacial score (nSPS) is 12.0. The number of aromatic nitrogens is 3. The monoisotopic (exact) mass is 418 g/mol. The summed E-state index contributed by atoms with van der Waals surface area (Å²) < 4.78 is 5.46. The van der Waals surface area contributed by atoms with E-state index in [2.05, 4.69) is 15.0 Å². The lowest BCUT2D eigenvalue weighted by molar-refractivity contribution is -0.137. The number of carbonyl (C=O) groups is 1. The van der Waals surface area contributed by atoms with Gasteiger partial charge in [0, 0.05) is 66.7 Å². The molecule has 0 aliphatic carbocycles. The molecule has 1 unspecified atom stereocenters. The van der Waals surface area contributed by atoms with Gasteiger partial charge in [0.25, 0.3) is 5.91 Å². The molecule has 31 heavy (non-hydrogen) atoms. The minimum atomic E-state index is -1.36. The number of aromatic amines is 2. The van der Waals surface area contributed by atoms with E-state index >= 15 is 0 Å². The van der Waals surface area contributed by atoms with Crippen molar-refractivity contribution in [2.45, 2.75) is 6.10 Å². The Balaban J connectivity index is 1.86. The van der Waals surface area contributed by atoms with Crippen LogP contribution in [0.5, 0.6) is 5.75 Å². The second kappa shape index (κ2) is 8.08. The molecule has 0 spiro atoms. The van der Waals surface area contributed by atoms with Gasteiger partial charge in [-0.15, -0.1) is 0 Å². The highest BCUT2D eigenvalue weighted by atomic mass is 16.5. The largest absolute Gasteiger partial charge is 0.496 e. The van der Waals surface area contributed by atoms with Crippen LogP contribution in [0.15, 0.2) is 59.9 Å². The van der Waals surface area contributed by atoms with Crippen LogP contribution in [0.3, 0.4) is 0 Å². The molecule has 8 nitrogen and oxygen atoms in total. The maximum atomic E-state index is 13.5. The molecule has 1 aromatic carbocycles. The summed E-state index contributed by atoms with van der Waals surface area (Å²) in [5, 5.41) is 10.8. The Bertz CT molecular complexity index is 1320. The molecule has 3 aromatic heterocycles. The third-order valence-corrected chi connectivity index (χ3v) is 5.17. The Morgan fingerprint density at radius 3 is 2.52 bits per heavy atom. The predicted molar refractivity (Wildman–Crippen MR) is 118 cm³/mol. The third kappa shape index (κ3) is 3.57. The first kappa shape index (κ1) is 20.4. The average Bonchev–Trinajstić information content (AvgIpc) is 3.23. The number of nitrogens with zero attached hydrogens (tertiary/aromatic N) is 2. The van der Waals surface area contributed by atoms with Crippen molar-refractivity contribution in [1.29, 1.82) is 0 Å². The van der Waals surface area contributed by atoms with E-state index in [-0.39, 0.29) is 5.43 Å². The molecule has 0 bridgehead atoms. The number of likely N-dealkylation sites (N-methyl/N-ethyl adjacent to an activating group) is 1. The molecule has 1 atom stereocenters. The van der Waals surface area contributed by atoms with Gasteiger partial charge < -0.3 is 24.7 Å². The van der Waals surface area contributed by atoms with E-state index in [4.69, 9.17) is 4.74 Å². The molecule has 4 aromatic rings. The second-order valence-electron chi connectivity index (χ2n) is 7.33. The van der Waals surface area contributed by atoms with Gasteiger partial charge in [0.1, 0.15) is 11.4 Å². The number of amides is 1. The molecule has 0 radical (unpaired) electrons. The van der Waals surface area contributed by atoms with Crippen LogP contribution in [0.1, 0.15) is 11.7 Å². The zero-order valence-electron chi connectivity index (χ0n) is 17.3. The van der Waals surface area contributed by atoms with Crippen molar-refractivity contribution in [3.8, 4) is 28.0 Å². The number of pyridine rings is 2. The first-order valence-corrected chi connectivity index (χ1v) is 9.63. The molecule has 158 valence electrons. The first-order valence-electron chi connectivity index (χ1n) is 9.63. The van der Waals surface area contributed by atoms with Crippen LogP contribution in [0, 0.1) is 0 Å². The molecule has 3 heterocycles. The fourth-order valence-corrected chi connectivity index (χ4v) is 3.55. The van der Waals surface area contributed by atoms with Gasteiger partial charge in [-0.05, 0) is 12.1 Å². The second-order valence-corrected chi connectivity index (χ2v) is 7.33. The smallest absolute Gasteiger partial charge is 0.255 e. The number of carbonyl (C=O) groups excluding carboxylic acids is 1. The minimum absolute atomic E-state index is 0.205. The Kier molecular flexibility index (Phi) is 5.31. The number of hydrogen-bond donors (Lipinski definition) is 3. The van der Waals surface area contributed by atoms with Crippen molar-refractivity contribution in [3.05, 3.63) is 70.9 Å². The standard InChI is InChI=1S/C23H22N4O4/c1-27(2)23(30)20(28)14-8-13(9-24-10-14)16-11-25-22-19(21(16)29)17(12-26-22)15-6-4-5-7-18(15)31-3/h4-12,20,28H,1-3H3,(H2,25,26,29). The van der Waals surface area contributed by atoms with Crippen LogP contribution in [0.4, 0.5) is 0 Å². The van der Waals surface area contributed by atoms with Crippen LogP contribution in [-0.2, 0) is 4.79 Å². The highest BCUT2D eigenvalue weighted by Crippen LogP contribution is 2.34.